The van der Waals surface area contributed by atoms with E-state index in [2.05, 4.69) is 17.6 Å². The van der Waals surface area contributed by atoms with E-state index in [0.29, 0.717) is 25.1 Å². The minimum Gasteiger partial charge on any atom is -0.508 e. The summed E-state index contributed by atoms with van der Waals surface area (Å²) in [6, 6.07) is 30.5. The third kappa shape index (κ3) is 9.99. The first-order valence-corrected chi connectivity index (χ1v) is 16.9. The molecule has 6 unspecified atom stereocenters. The van der Waals surface area contributed by atoms with Crippen LogP contribution in [0.3, 0.4) is 0 Å². The normalized spacial score (nSPS) is 20.2. The zero-order chi connectivity index (χ0) is 35.6. The molecule has 0 aromatic heterocycles. The molecule has 264 valence electrons. The molecule has 1 aliphatic rings. The van der Waals surface area contributed by atoms with E-state index in [1.54, 1.807) is 24.3 Å². The maximum absolute atomic E-state index is 12.7. The number of likely N-dealkylation sites (N-methyl/N-ethyl adjacent to an activating group) is 1. The van der Waals surface area contributed by atoms with E-state index >= 15 is 0 Å². The number of aliphatic hydroxyl groups excluding tert-OH is 2. The second-order valence-corrected chi connectivity index (χ2v) is 13.1. The van der Waals surface area contributed by atoms with Crippen molar-refractivity contribution in [3.63, 3.8) is 0 Å². The van der Waals surface area contributed by atoms with Crippen LogP contribution in [0.4, 0.5) is 4.79 Å². The van der Waals surface area contributed by atoms with E-state index in [1.165, 1.54) is 6.92 Å². The smallest absolute Gasteiger partial charge is 0.315 e. The summed E-state index contributed by atoms with van der Waals surface area (Å²) in [7, 11) is 1.93. The lowest BCUT2D eigenvalue weighted by molar-refractivity contribution is -0.276. The van der Waals surface area contributed by atoms with E-state index in [0.717, 1.165) is 27.8 Å². The summed E-state index contributed by atoms with van der Waals surface area (Å²) >= 11 is 0. The van der Waals surface area contributed by atoms with E-state index in [4.69, 9.17) is 9.47 Å². The Morgan fingerprint density at radius 3 is 2.20 bits per heavy atom. The topological polar surface area (TPSA) is 141 Å². The summed E-state index contributed by atoms with van der Waals surface area (Å²) in [6.07, 6.45) is -1.61. The minimum absolute atomic E-state index is 0.0457. The molecule has 5 N–H and O–H groups in total. The molecule has 5 rings (SSSR count). The Morgan fingerprint density at radius 1 is 0.860 bits per heavy atom. The number of nitrogens with zero attached hydrogens (tertiary/aromatic N) is 1. The highest BCUT2D eigenvalue weighted by Gasteiger charge is 2.39. The number of hydrogen-bond donors (Lipinski definition) is 5. The molecule has 0 bridgehead atoms. The number of carbonyl (C=O) groups excluding carboxylic acids is 2. The van der Waals surface area contributed by atoms with Gasteiger partial charge < -0.3 is 40.3 Å². The molecule has 4 aromatic rings. The Bertz CT molecular complexity index is 1680. The van der Waals surface area contributed by atoms with Crippen molar-refractivity contribution in [1.82, 2.24) is 15.5 Å². The van der Waals surface area contributed by atoms with E-state index in [9.17, 15) is 24.9 Å². The first-order valence-electron chi connectivity index (χ1n) is 16.9. The predicted molar refractivity (Wildman–Crippen MR) is 190 cm³/mol. The summed E-state index contributed by atoms with van der Waals surface area (Å²) in [4.78, 5) is 26.9. The molecule has 10 heteroatoms. The van der Waals surface area contributed by atoms with Gasteiger partial charge in [-0.1, -0.05) is 97.9 Å². The monoisotopic (exact) mass is 681 g/mol. The van der Waals surface area contributed by atoms with Gasteiger partial charge in [-0.3, -0.25) is 4.79 Å². The molecule has 1 fully saturated rings. The van der Waals surface area contributed by atoms with Crippen molar-refractivity contribution in [2.24, 2.45) is 5.92 Å². The molecule has 50 heavy (non-hydrogen) atoms. The average Bonchev–Trinajstić information content (AvgIpc) is 3.12. The van der Waals surface area contributed by atoms with Crippen LogP contribution in [0.15, 0.2) is 103 Å². The first-order chi connectivity index (χ1) is 24.1. The number of carbonyl (C=O) groups is 2. The van der Waals surface area contributed by atoms with Crippen LogP contribution >= 0.6 is 0 Å². The standard InChI is InChI=1S/C40H47N3O7/c1-26-37(24-43(3)23-36(47)33-10-7-11-34(46)21-33)49-39(50-38(26)31-16-14-30(25-44)15-17-31)32-18-12-29(13-19-32)22-41-40(48)42-35(27(2)45)20-28-8-5-4-6-9-28/h4-19,21,26,35-39,44,46-47H,20,22-25H2,1-3H3,(H2,41,42,48). The number of rotatable bonds is 14. The van der Waals surface area contributed by atoms with Crippen LogP contribution in [-0.2, 0) is 33.8 Å². The molecule has 1 saturated heterocycles. The molecule has 0 aliphatic carbocycles. The Morgan fingerprint density at radius 2 is 1.54 bits per heavy atom. The molecule has 10 nitrogen and oxygen atoms in total. The van der Waals surface area contributed by atoms with Gasteiger partial charge in [-0.25, -0.2) is 4.79 Å². The van der Waals surface area contributed by atoms with Gasteiger partial charge in [0.2, 0.25) is 0 Å². The van der Waals surface area contributed by atoms with E-state index in [-0.39, 0.29) is 42.8 Å². The van der Waals surface area contributed by atoms with Crippen molar-refractivity contribution in [3.05, 3.63) is 137 Å². The number of phenolic OH excluding ortho intramolecular Hbond substituents is 1. The molecular formula is C40H47N3O7. The third-order valence-electron chi connectivity index (χ3n) is 9.14. The molecule has 1 heterocycles. The van der Waals surface area contributed by atoms with Crippen LogP contribution in [0.2, 0.25) is 0 Å². The lowest BCUT2D eigenvalue weighted by atomic mass is 9.90. The highest BCUT2D eigenvalue weighted by molar-refractivity contribution is 5.87. The van der Waals surface area contributed by atoms with Crippen molar-refractivity contribution in [1.29, 1.82) is 0 Å². The number of urea groups is 1. The predicted octanol–water partition coefficient (Wildman–Crippen LogP) is 5.34. The summed E-state index contributed by atoms with van der Waals surface area (Å²) in [5.41, 5.74) is 5.06. The van der Waals surface area contributed by atoms with Crippen molar-refractivity contribution >= 4 is 11.8 Å². The van der Waals surface area contributed by atoms with Gasteiger partial charge in [0.15, 0.2) is 12.1 Å². The van der Waals surface area contributed by atoms with E-state index < -0.39 is 24.5 Å². The van der Waals surface area contributed by atoms with Crippen LogP contribution in [0.25, 0.3) is 0 Å². The quantitative estimate of drug-likeness (QED) is 0.120. The molecule has 0 spiro atoms. The van der Waals surface area contributed by atoms with Gasteiger partial charge >= 0.3 is 6.03 Å². The van der Waals surface area contributed by atoms with Gasteiger partial charge in [0.25, 0.3) is 0 Å². The van der Waals surface area contributed by atoms with Crippen molar-refractivity contribution < 1.29 is 34.4 Å². The lowest BCUT2D eigenvalue weighted by Gasteiger charge is -2.42. The van der Waals surface area contributed by atoms with Gasteiger partial charge in [0.1, 0.15) is 5.75 Å². The number of aromatic hydroxyl groups is 1. The fourth-order valence-corrected chi connectivity index (χ4v) is 6.17. The molecular weight excluding hydrogens is 634 g/mol. The largest absolute Gasteiger partial charge is 0.508 e. The van der Waals surface area contributed by atoms with Gasteiger partial charge in [-0.2, -0.15) is 0 Å². The summed E-state index contributed by atoms with van der Waals surface area (Å²) in [6.45, 7) is 4.63. The number of hydrogen-bond acceptors (Lipinski definition) is 8. The number of Topliss-reactive ketones (excluding diaryl/α,β-unsaturated/α-hetero) is 1. The fraction of sp³-hybridized carbons (Fsp3) is 0.350. The number of ether oxygens (including phenoxy) is 2. The minimum atomic E-state index is -0.791. The van der Waals surface area contributed by atoms with Gasteiger partial charge in [0.05, 0.1) is 31.0 Å². The maximum Gasteiger partial charge on any atom is 0.315 e. The van der Waals surface area contributed by atoms with Gasteiger partial charge in [-0.05, 0) is 60.3 Å². The number of phenols is 1. The molecule has 4 aromatic carbocycles. The molecule has 0 radical (unpaired) electrons. The zero-order valence-corrected chi connectivity index (χ0v) is 28.7. The van der Waals surface area contributed by atoms with Crippen molar-refractivity contribution in [2.45, 2.75) is 64.1 Å². The number of nitrogens with one attached hydrogen (secondary N) is 2. The van der Waals surface area contributed by atoms with Crippen LogP contribution in [0, 0.1) is 5.92 Å². The Balaban J connectivity index is 1.24. The second kappa shape index (κ2) is 17.4. The number of benzene rings is 4. The van der Waals surface area contributed by atoms with Gasteiger partial charge in [0, 0.05) is 31.1 Å². The maximum atomic E-state index is 12.7. The average molecular weight is 682 g/mol. The van der Waals surface area contributed by atoms with Crippen molar-refractivity contribution in [2.75, 3.05) is 20.1 Å². The SMILES string of the molecule is CC(=O)C(Cc1ccccc1)NC(=O)NCc1ccc(C2OC(CN(C)CC(O)c3cccc(O)c3)C(C)C(c3ccc(CO)cc3)O2)cc1. The Labute approximate surface area is 293 Å². The lowest BCUT2D eigenvalue weighted by Crippen LogP contribution is -2.46. The molecule has 6 atom stereocenters. The van der Waals surface area contributed by atoms with Crippen LogP contribution < -0.4 is 10.6 Å². The Kier molecular flexibility index (Phi) is 12.8. The van der Waals surface area contributed by atoms with Crippen LogP contribution in [-0.4, -0.2) is 64.3 Å². The zero-order valence-electron chi connectivity index (χ0n) is 28.7. The number of amides is 2. The number of ketones is 1. The first kappa shape index (κ1) is 36.7. The second-order valence-electron chi connectivity index (χ2n) is 13.1. The van der Waals surface area contributed by atoms with E-state index in [1.807, 2.05) is 90.8 Å². The van der Waals surface area contributed by atoms with Gasteiger partial charge in [-0.15, -0.1) is 0 Å². The summed E-state index contributed by atoms with van der Waals surface area (Å²) in [5.74, 6) is -0.0572. The summed E-state index contributed by atoms with van der Waals surface area (Å²) in [5, 5.41) is 35.9. The van der Waals surface area contributed by atoms with Crippen LogP contribution in [0.1, 0.15) is 65.7 Å². The fourth-order valence-electron chi connectivity index (χ4n) is 6.17. The summed E-state index contributed by atoms with van der Waals surface area (Å²) < 4.78 is 13.2. The highest BCUT2D eigenvalue weighted by atomic mass is 16.7. The molecule has 2 amide bonds. The molecule has 0 saturated carbocycles. The highest BCUT2D eigenvalue weighted by Crippen LogP contribution is 2.42. The Hall–Kier alpha value is -4.58. The molecule has 1 aliphatic heterocycles. The van der Waals surface area contributed by atoms with Crippen molar-refractivity contribution in [3.8, 4) is 5.75 Å². The van der Waals surface area contributed by atoms with Crippen LogP contribution in [0.5, 0.6) is 5.75 Å². The number of aliphatic hydroxyl groups is 2. The third-order valence-corrected chi connectivity index (χ3v) is 9.14.